The third kappa shape index (κ3) is 3.95. The summed E-state index contributed by atoms with van der Waals surface area (Å²) in [5.41, 5.74) is 0.491. The smallest absolute Gasteiger partial charge is 0.320 e. The second kappa shape index (κ2) is 8.30. The number of urea groups is 1. The molecule has 0 aromatic heterocycles. The molecule has 2 saturated carbocycles. The van der Waals surface area contributed by atoms with E-state index in [9.17, 15) is 9.90 Å². The van der Waals surface area contributed by atoms with E-state index >= 15 is 0 Å². The van der Waals surface area contributed by atoms with Crippen LogP contribution in [0.4, 0.5) is 4.79 Å². The van der Waals surface area contributed by atoms with Gasteiger partial charge in [-0.1, -0.05) is 30.3 Å². The Bertz CT molecular complexity index is 809. The van der Waals surface area contributed by atoms with Crippen LogP contribution in [0.15, 0.2) is 30.3 Å². The van der Waals surface area contributed by atoms with Crippen molar-refractivity contribution >= 4 is 6.03 Å². The highest BCUT2D eigenvalue weighted by molar-refractivity contribution is 5.78. The maximum absolute atomic E-state index is 13.6. The Labute approximate surface area is 192 Å². The van der Waals surface area contributed by atoms with E-state index in [-0.39, 0.29) is 17.1 Å². The zero-order valence-corrected chi connectivity index (χ0v) is 19.8. The number of hydrogen-bond donors (Lipinski definition) is 1. The van der Waals surface area contributed by atoms with Crippen molar-refractivity contribution in [1.29, 1.82) is 0 Å². The van der Waals surface area contributed by atoms with Crippen LogP contribution in [0.1, 0.15) is 56.9 Å². The summed E-state index contributed by atoms with van der Waals surface area (Å²) in [6.45, 7) is 3.24. The summed E-state index contributed by atoms with van der Waals surface area (Å²) in [5, 5.41) is 11.1. The third-order valence-electron chi connectivity index (χ3n) is 8.78. The summed E-state index contributed by atoms with van der Waals surface area (Å²) in [7, 11) is 4.39. The molecule has 0 atom stereocenters. The predicted molar refractivity (Wildman–Crippen MR) is 124 cm³/mol. The van der Waals surface area contributed by atoms with Gasteiger partial charge in [-0.05, 0) is 64.1 Å². The topological polar surface area (TPSA) is 56.2 Å². The molecule has 2 heterocycles. The summed E-state index contributed by atoms with van der Waals surface area (Å²) >= 11 is 0. The van der Waals surface area contributed by atoms with E-state index in [4.69, 9.17) is 4.74 Å². The normalized spacial score (nSPS) is 32.8. The van der Waals surface area contributed by atoms with E-state index < -0.39 is 5.60 Å². The summed E-state index contributed by atoms with van der Waals surface area (Å²) in [5.74, 6) is 0.664. The molecule has 6 nitrogen and oxygen atoms in total. The molecule has 1 spiro atoms. The SMILES string of the molecule is CN(C)C1(c2ccccc2)CCC2(CC1)CN(CC1(O)CCOCC1)C(=O)N2CC1CC1. The summed E-state index contributed by atoms with van der Waals surface area (Å²) in [4.78, 5) is 20.2. The predicted octanol–water partition coefficient (Wildman–Crippen LogP) is 3.45. The van der Waals surface area contributed by atoms with Crippen LogP contribution in [-0.4, -0.2) is 83.9 Å². The number of carbonyl (C=O) groups is 1. The Morgan fingerprint density at radius 1 is 1.03 bits per heavy atom. The maximum atomic E-state index is 13.6. The molecule has 1 aromatic carbocycles. The van der Waals surface area contributed by atoms with Crippen LogP contribution in [0.25, 0.3) is 0 Å². The van der Waals surface area contributed by atoms with E-state index in [0.717, 1.165) is 38.8 Å². The van der Waals surface area contributed by atoms with Crippen LogP contribution < -0.4 is 0 Å². The Balaban J connectivity index is 1.38. The van der Waals surface area contributed by atoms with Gasteiger partial charge in [0.05, 0.1) is 17.7 Å². The molecule has 6 heteroatoms. The van der Waals surface area contributed by atoms with Gasteiger partial charge in [0.15, 0.2) is 0 Å². The van der Waals surface area contributed by atoms with Gasteiger partial charge in [0.25, 0.3) is 0 Å². The summed E-state index contributed by atoms with van der Waals surface area (Å²) < 4.78 is 5.46. The van der Waals surface area contributed by atoms with Crippen LogP contribution in [0.5, 0.6) is 0 Å². The molecular formula is C26H39N3O3. The van der Waals surface area contributed by atoms with Gasteiger partial charge >= 0.3 is 6.03 Å². The number of rotatable bonds is 6. The fraction of sp³-hybridized carbons (Fsp3) is 0.731. The molecule has 0 radical (unpaired) electrons. The highest BCUT2D eigenvalue weighted by atomic mass is 16.5. The Kier molecular flexibility index (Phi) is 5.75. The number of nitrogens with zero attached hydrogens (tertiary/aromatic N) is 3. The van der Waals surface area contributed by atoms with Crippen LogP contribution in [-0.2, 0) is 10.3 Å². The lowest BCUT2D eigenvalue weighted by molar-refractivity contribution is -0.0739. The fourth-order valence-corrected chi connectivity index (χ4v) is 6.40. The quantitative estimate of drug-likeness (QED) is 0.735. The van der Waals surface area contributed by atoms with E-state index in [2.05, 4.69) is 54.2 Å². The Morgan fingerprint density at radius 2 is 1.69 bits per heavy atom. The first-order valence-corrected chi connectivity index (χ1v) is 12.5. The minimum Gasteiger partial charge on any atom is -0.388 e. The molecule has 2 aliphatic carbocycles. The molecular weight excluding hydrogens is 402 g/mol. The lowest BCUT2D eigenvalue weighted by Gasteiger charge is -2.51. The molecule has 1 N–H and O–H groups in total. The molecule has 4 fully saturated rings. The number of ether oxygens (including phenoxy) is 1. The third-order valence-corrected chi connectivity index (χ3v) is 8.78. The maximum Gasteiger partial charge on any atom is 0.320 e. The van der Waals surface area contributed by atoms with Gasteiger partial charge < -0.3 is 19.6 Å². The molecule has 1 aromatic rings. The lowest BCUT2D eigenvalue weighted by Crippen LogP contribution is -2.55. The summed E-state index contributed by atoms with van der Waals surface area (Å²) in [6.07, 6.45) is 7.83. The van der Waals surface area contributed by atoms with Gasteiger partial charge in [-0.25, -0.2) is 4.79 Å². The largest absolute Gasteiger partial charge is 0.388 e. The molecule has 176 valence electrons. The first-order chi connectivity index (χ1) is 15.4. The van der Waals surface area contributed by atoms with Gasteiger partial charge in [0.2, 0.25) is 0 Å². The minimum atomic E-state index is -0.809. The van der Waals surface area contributed by atoms with Gasteiger partial charge in [0.1, 0.15) is 0 Å². The molecule has 2 amide bonds. The Morgan fingerprint density at radius 3 is 2.28 bits per heavy atom. The van der Waals surface area contributed by atoms with Crippen molar-refractivity contribution in [1.82, 2.24) is 14.7 Å². The van der Waals surface area contributed by atoms with Gasteiger partial charge in [-0.15, -0.1) is 0 Å². The number of benzene rings is 1. The first kappa shape index (κ1) is 22.2. The van der Waals surface area contributed by atoms with Crippen LogP contribution >= 0.6 is 0 Å². The zero-order valence-electron chi connectivity index (χ0n) is 19.8. The highest BCUT2D eigenvalue weighted by Crippen LogP contribution is 2.50. The van der Waals surface area contributed by atoms with E-state index in [1.54, 1.807) is 0 Å². The molecule has 5 rings (SSSR count). The van der Waals surface area contributed by atoms with Crippen molar-refractivity contribution in [3.05, 3.63) is 35.9 Å². The van der Waals surface area contributed by atoms with Crippen molar-refractivity contribution in [3.63, 3.8) is 0 Å². The molecule has 2 saturated heterocycles. The van der Waals surface area contributed by atoms with Crippen LogP contribution in [0.3, 0.4) is 0 Å². The van der Waals surface area contributed by atoms with Crippen molar-refractivity contribution in [3.8, 4) is 0 Å². The minimum absolute atomic E-state index is 0.0210. The molecule has 4 aliphatic rings. The molecule has 2 aliphatic heterocycles. The van der Waals surface area contributed by atoms with Gasteiger partial charge in [-0.3, -0.25) is 4.90 Å². The molecule has 0 bridgehead atoms. The Hall–Kier alpha value is -1.63. The van der Waals surface area contributed by atoms with Crippen molar-refractivity contribution in [2.75, 3.05) is 46.9 Å². The zero-order chi connectivity index (χ0) is 22.4. The van der Waals surface area contributed by atoms with Crippen molar-refractivity contribution in [2.24, 2.45) is 5.92 Å². The van der Waals surface area contributed by atoms with Crippen molar-refractivity contribution in [2.45, 2.75) is 68.0 Å². The second-order valence-electron chi connectivity index (χ2n) is 11.0. The lowest BCUT2D eigenvalue weighted by atomic mass is 9.68. The number of hydrogen-bond acceptors (Lipinski definition) is 4. The molecule has 0 unspecified atom stereocenters. The van der Waals surface area contributed by atoms with E-state index in [1.165, 1.54) is 18.4 Å². The highest BCUT2D eigenvalue weighted by Gasteiger charge is 2.56. The van der Waals surface area contributed by atoms with Crippen LogP contribution in [0.2, 0.25) is 0 Å². The van der Waals surface area contributed by atoms with Crippen LogP contribution in [0, 0.1) is 5.92 Å². The second-order valence-corrected chi connectivity index (χ2v) is 11.0. The van der Waals surface area contributed by atoms with Crippen molar-refractivity contribution < 1.29 is 14.6 Å². The molecule has 32 heavy (non-hydrogen) atoms. The monoisotopic (exact) mass is 441 g/mol. The number of aliphatic hydroxyl groups is 1. The number of carbonyl (C=O) groups excluding carboxylic acids is 1. The van der Waals surface area contributed by atoms with Gasteiger partial charge in [0, 0.05) is 44.7 Å². The standard InChI is InChI=1S/C26H39N3O3/c1-27(2)26(22-6-4-3-5-7-22)12-10-24(11-13-26)19-28(20-25(31)14-16-32-17-15-25)23(30)29(24)18-21-8-9-21/h3-7,21,31H,8-20H2,1-2H3. The average molecular weight is 442 g/mol. The van der Waals surface area contributed by atoms with Gasteiger partial charge in [-0.2, -0.15) is 0 Å². The first-order valence-electron chi connectivity index (χ1n) is 12.5. The number of amides is 2. The average Bonchev–Trinajstić information content (AvgIpc) is 3.58. The summed E-state index contributed by atoms with van der Waals surface area (Å²) in [6, 6.07) is 11.0. The fourth-order valence-electron chi connectivity index (χ4n) is 6.40. The number of β-amino-alcohol motifs (C(OH)–C–C–N with tert-alkyl or cyclic N) is 1. The van der Waals surface area contributed by atoms with E-state index in [0.29, 0.717) is 38.5 Å². The van der Waals surface area contributed by atoms with E-state index in [1.807, 2.05) is 4.90 Å².